The molecule has 0 aliphatic rings. The lowest BCUT2D eigenvalue weighted by Gasteiger charge is -2.05. The van der Waals surface area contributed by atoms with Gasteiger partial charge in [0.1, 0.15) is 12.1 Å². The Morgan fingerprint density at radius 2 is 2.54 bits per heavy atom. The molecule has 13 heavy (non-hydrogen) atoms. The van der Waals surface area contributed by atoms with Crippen LogP contribution in [0.25, 0.3) is 0 Å². The monoisotopic (exact) mass is 176 g/mol. The fourth-order valence-electron chi connectivity index (χ4n) is 1.27. The van der Waals surface area contributed by atoms with Crippen LogP contribution >= 0.6 is 0 Å². The molecule has 0 saturated carbocycles. The number of H-pyrrole nitrogens is 1. The number of hydrogen-bond donors (Lipinski definition) is 1. The van der Waals surface area contributed by atoms with Crippen LogP contribution in [0.15, 0.2) is 29.2 Å². The summed E-state index contributed by atoms with van der Waals surface area (Å²) in [6, 6.07) is 1.83. The van der Waals surface area contributed by atoms with Crippen LogP contribution in [0.1, 0.15) is 24.9 Å². The lowest BCUT2D eigenvalue weighted by atomic mass is 10.0. The van der Waals surface area contributed by atoms with E-state index in [1.54, 1.807) is 18.7 Å². The molecule has 0 atom stereocenters. The van der Waals surface area contributed by atoms with Crippen molar-refractivity contribution in [1.82, 2.24) is 15.1 Å². The second kappa shape index (κ2) is 3.43. The number of aromatic nitrogens is 3. The van der Waals surface area contributed by atoms with Crippen LogP contribution in [0.5, 0.6) is 0 Å². The molecular weight excluding hydrogens is 166 g/mol. The number of imidazole rings is 1. The Morgan fingerprint density at radius 1 is 1.62 bits per heavy atom. The molecule has 0 spiro atoms. The van der Waals surface area contributed by atoms with Crippen molar-refractivity contribution >= 4 is 0 Å². The van der Waals surface area contributed by atoms with Gasteiger partial charge in [-0.1, -0.05) is 12.1 Å². The lowest BCUT2D eigenvalue weighted by molar-refractivity contribution is 0.413. The number of rotatable bonds is 3. The van der Waals surface area contributed by atoms with Gasteiger partial charge in [-0.3, -0.25) is 0 Å². The Hall–Kier alpha value is -1.58. The molecule has 2 aromatic heterocycles. The van der Waals surface area contributed by atoms with Crippen LogP contribution in [-0.2, 0) is 0 Å². The zero-order valence-corrected chi connectivity index (χ0v) is 7.32. The minimum Gasteiger partial charge on any atom is -0.364 e. The molecule has 0 bridgehead atoms. The first kappa shape index (κ1) is 8.04. The summed E-state index contributed by atoms with van der Waals surface area (Å²) >= 11 is 0. The fraction of sp³-hybridized carbons (Fsp3) is 0.222. The summed E-state index contributed by atoms with van der Waals surface area (Å²) in [5.41, 5.74) is 0.845. The van der Waals surface area contributed by atoms with Gasteiger partial charge in [-0.15, -0.1) is 0 Å². The average molecular weight is 176 g/mol. The van der Waals surface area contributed by atoms with Gasteiger partial charge in [0, 0.05) is 18.5 Å². The zero-order valence-electron chi connectivity index (χ0n) is 7.32. The smallest absolute Gasteiger partial charge is 0.124 e. The van der Waals surface area contributed by atoms with Crippen LogP contribution < -0.4 is 0 Å². The average Bonchev–Trinajstić information content (AvgIpc) is 2.76. The third-order valence-electron chi connectivity index (χ3n) is 1.88. The first-order valence-electron chi connectivity index (χ1n) is 4.18. The molecule has 0 fully saturated rings. The third kappa shape index (κ3) is 1.47. The first-order valence-corrected chi connectivity index (χ1v) is 4.18. The Kier molecular flexibility index (Phi) is 2.12. The number of nitrogens with zero attached hydrogens (tertiary/aromatic N) is 2. The Labute approximate surface area is 76.0 Å². The molecule has 1 N–H and O–H groups in total. The van der Waals surface area contributed by atoms with Gasteiger partial charge >= 0.3 is 0 Å². The molecule has 0 aliphatic carbocycles. The number of nitrogens with one attached hydrogen (secondary N) is 1. The molecule has 4 heteroatoms. The van der Waals surface area contributed by atoms with Crippen molar-refractivity contribution < 1.29 is 4.52 Å². The summed E-state index contributed by atoms with van der Waals surface area (Å²) in [6.07, 6.45) is 5.96. The van der Waals surface area contributed by atoms with E-state index in [1.165, 1.54) is 0 Å². The van der Waals surface area contributed by atoms with Gasteiger partial charge in [-0.2, -0.15) is 0 Å². The molecular formula is C9H10N3O. The maximum Gasteiger partial charge on any atom is 0.124 e. The summed E-state index contributed by atoms with van der Waals surface area (Å²) in [5, 5.41) is 3.87. The van der Waals surface area contributed by atoms with Gasteiger partial charge in [0.2, 0.25) is 0 Å². The summed E-state index contributed by atoms with van der Waals surface area (Å²) in [4.78, 5) is 7.22. The summed E-state index contributed by atoms with van der Waals surface area (Å²) < 4.78 is 4.78. The van der Waals surface area contributed by atoms with Crippen molar-refractivity contribution in [3.05, 3.63) is 42.2 Å². The maximum absolute atomic E-state index is 4.78. The third-order valence-corrected chi connectivity index (χ3v) is 1.88. The second-order valence-electron chi connectivity index (χ2n) is 2.65. The van der Waals surface area contributed by atoms with E-state index in [2.05, 4.69) is 22.0 Å². The van der Waals surface area contributed by atoms with E-state index < -0.39 is 0 Å². The molecule has 0 saturated heterocycles. The van der Waals surface area contributed by atoms with Crippen molar-refractivity contribution in [3.8, 4) is 0 Å². The van der Waals surface area contributed by atoms with Gasteiger partial charge in [0.15, 0.2) is 0 Å². The SMILES string of the molecule is CC[C](c1ccon1)c1ncc[nH]1. The normalized spacial score (nSPS) is 10.9. The summed E-state index contributed by atoms with van der Waals surface area (Å²) in [7, 11) is 0. The summed E-state index contributed by atoms with van der Waals surface area (Å²) in [6.45, 7) is 2.06. The van der Waals surface area contributed by atoms with Gasteiger partial charge in [-0.05, 0) is 6.42 Å². The lowest BCUT2D eigenvalue weighted by Crippen LogP contribution is -2.03. The fourth-order valence-corrected chi connectivity index (χ4v) is 1.27. The highest BCUT2D eigenvalue weighted by Crippen LogP contribution is 2.21. The molecule has 0 aliphatic heterocycles. The van der Waals surface area contributed by atoms with Crippen molar-refractivity contribution in [2.24, 2.45) is 0 Å². The topological polar surface area (TPSA) is 54.7 Å². The number of aromatic amines is 1. The Balaban J connectivity index is 2.29. The van der Waals surface area contributed by atoms with Crippen molar-refractivity contribution in [1.29, 1.82) is 0 Å². The quantitative estimate of drug-likeness (QED) is 0.775. The molecule has 0 amide bonds. The van der Waals surface area contributed by atoms with E-state index in [0.717, 1.165) is 23.9 Å². The molecule has 67 valence electrons. The molecule has 1 radical (unpaired) electrons. The zero-order chi connectivity index (χ0) is 9.10. The number of hydrogen-bond acceptors (Lipinski definition) is 3. The Morgan fingerprint density at radius 3 is 3.08 bits per heavy atom. The summed E-state index contributed by atoms with van der Waals surface area (Å²) in [5.74, 6) is 1.93. The van der Waals surface area contributed by atoms with E-state index in [4.69, 9.17) is 4.52 Å². The van der Waals surface area contributed by atoms with Gasteiger partial charge in [-0.25, -0.2) is 4.98 Å². The minimum absolute atomic E-state index is 0.845. The van der Waals surface area contributed by atoms with Gasteiger partial charge in [0.05, 0.1) is 11.6 Å². The highest BCUT2D eigenvalue weighted by atomic mass is 16.5. The highest BCUT2D eigenvalue weighted by molar-refractivity contribution is 5.32. The van der Waals surface area contributed by atoms with E-state index in [1.807, 2.05) is 6.07 Å². The largest absolute Gasteiger partial charge is 0.364 e. The van der Waals surface area contributed by atoms with Crippen molar-refractivity contribution in [3.63, 3.8) is 0 Å². The molecule has 2 aromatic rings. The van der Waals surface area contributed by atoms with Crippen LogP contribution in [0.2, 0.25) is 0 Å². The highest BCUT2D eigenvalue weighted by Gasteiger charge is 2.17. The van der Waals surface area contributed by atoms with E-state index >= 15 is 0 Å². The van der Waals surface area contributed by atoms with Crippen LogP contribution in [0.3, 0.4) is 0 Å². The predicted molar refractivity (Wildman–Crippen MR) is 46.8 cm³/mol. The Bertz CT molecular complexity index is 305. The van der Waals surface area contributed by atoms with Gasteiger partial charge in [0.25, 0.3) is 0 Å². The molecule has 2 rings (SSSR count). The molecule has 2 heterocycles. The van der Waals surface area contributed by atoms with Crippen molar-refractivity contribution in [2.75, 3.05) is 0 Å². The molecule has 0 aromatic carbocycles. The van der Waals surface area contributed by atoms with Crippen LogP contribution in [0.4, 0.5) is 0 Å². The first-order chi connectivity index (χ1) is 6.42. The van der Waals surface area contributed by atoms with E-state index in [9.17, 15) is 0 Å². The predicted octanol–water partition coefficient (Wildman–Crippen LogP) is 1.78. The molecule has 4 nitrogen and oxygen atoms in total. The standard InChI is InChI=1S/C9H10N3O/c1-2-7(8-3-6-13-12-8)9-10-4-5-11-9/h3-6H,2H2,1H3,(H,10,11). The van der Waals surface area contributed by atoms with E-state index in [0.29, 0.717) is 0 Å². The van der Waals surface area contributed by atoms with E-state index in [-0.39, 0.29) is 0 Å². The maximum atomic E-state index is 4.78. The minimum atomic E-state index is 0.845. The van der Waals surface area contributed by atoms with Crippen LogP contribution in [-0.4, -0.2) is 15.1 Å². The van der Waals surface area contributed by atoms with Gasteiger partial charge < -0.3 is 9.51 Å². The molecule has 0 unspecified atom stereocenters. The second-order valence-corrected chi connectivity index (χ2v) is 2.65. The van der Waals surface area contributed by atoms with Crippen LogP contribution in [0, 0.1) is 5.92 Å². The van der Waals surface area contributed by atoms with Crippen molar-refractivity contribution in [2.45, 2.75) is 13.3 Å².